The lowest BCUT2D eigenvalue weighted by Crippen LogP contribution is -2.42. The van der Waals surface area contributed by atoms with Crippen LogP contribution >= 0.6 is 0 Å². The summed E-state index contributed by atoms with van der Waals surface area (Å²) >= 11 is 0. The molecule has 5 nitrogen and oxygen atoms in total. The Morgan fingerprint density at radius 3 is 3.04 bits per heavy atom. The number of hydrogen-bond donors (Lipinski definition) is 1. The topological polar surface area (TPSA) is 60.7 Å². The maximum Gasteiger partial charge on any atom is 0.227 e. The number of ether oxygens (including phenoxy) is 2. The number of carbonyl (C=O) groups is 1. The van der Waals surface area contributed by atoms with Crippen molar-refractivity contribution in [3.8, 4) is 11.5 Å². The lowest BCUT2D eigenvalue weighted by atomic mass is 9.95. The molecule has 1 aliphatic rings. The fraction of sp³-hybridized carbons (Fsp3) is 0.389. The minimum absolute atomic E-state index is 0.0190. The molecule has 2 atom stereocenters. The zero-order valence-electron chi connectivity index (χ0n) is 13.4. The smallest absolute Gasteiger partial charge is 0.227 e. The van der Waals surface area contributed by atoms with Crippen molar-refractivity contribution >= 4 is 5.91 Å². The zero-order chi connectivity index (χ0) is 16.2. The van der Waals surface area contributed by atoms with Gasteiger partial charge in [0.2, 0.25) is 5.91 Å². The first kappa shape index (κ1) is 15.5. The molecule has 1 amide bonds. The van der Waals surface area contributed by atoms with Crippen molar-refractivity contribution < 1.29 is 18.7 Å². The number of rotatable bonds is 5. The number of hydrogen-bond acceptors (Lipinski definition) is 4. The van der Waals surface area contributed by atoms with E-state index in [1.807, 2.05) is 37.3 Å². The molecular formula is C18H21NO4. The maximum atomic E-state index is 12.4. The van der Waals surface area contributed by atoms with Crippen LogP contribution in [0.3, 0.4) is 0 Å². The van der Waals surface area contributed by atoms with Gasteiger partial charge in [-0.3, -0.25) is 4.79 Å². The maximum absolute atomic E-state index is 12.4. The van der Waals surface area contributed by atoms with Crippen LogP contribution in [0, 0.1) is 5.92 Å². The van der Waals surface area contributed by atoms with Crippen LogP contribution in [0.4, 0.5) is 0 Å². The minimum Gasteiger partial charge on any atom is -0.497 e. The summed E-state index contributed by atoms with van der Waals surface area (Å²) in [5, 5.41) is 3.04. The first-order valence-corrected chi connectivity index (χ1v) is 7.78. The molecule has 0 saturated carbocycles. The van der Waals surface area contributed by atoms with E-state index in [2.05, 4.69) is 5.32 Å². The Hall–Kier alpha value is -2.43. The molecule has 0 saturated heterocycles. The normalized spacial score (nSPS) is 17.7. The Morgan fingerprint density at radius 2 is 2.30 bits per heavy atom. The standard InChI is InChI=1S/C18H21NO4/c1-12(8-16-4-3-7-22-16)19-18(20)14-9-13-5-6-15(21-2)10-17(13)23-11-14/h3-7,10,12,14H,8-9,11H2,1-2H3,(H,19,20)/t12-,14-/m0/s1. The van der Waals surface area contributed by atoms with E-state index in [1.165, 1.54) is 0 Å². The first-order chi connectivity index (χ1) is 11.2. The second kappa shape index (κ2) is 6.77. The second-order valence-corrected chi connectivity index (χ2v) is 5.88. The van der Waals surface area contributed by atoms with E-state index in [0.717, 1.165) is 22.8 Å². The van der Waals surface area contributed by atoms with Crippen LogP contribution in [0.15, 0.2) is 41.0 Å². The van der Waals surface area contributed by atoms with E-state index < -0.39 is 0 Å². The summed E-state index contributed by atoms with van der Waals surface area (Å²) in [6.07, 6.45) is 3.00. The largest absolute Gasteiger partial charge is 0.497 e. The highest BCUT2D eigenvalue weighted by Gasteiger charge is 2.27. The van der Waals surface area contributed by atoms with Crippen LogP contribution < -0.4 is 14.8 Å². The third-order valence-electron chi connectivity index (χ3n) is 4.03. The van der Waals surface area contributed by atoms with Crippen LogP contribution in [0.5, 0.6) is 11.5 Å². The van der Waals surface area contributed by atoms with Crippen molar-refractivity contribution in [2.24, 2.45) is 5.92 Å². The van der Waals surface area contributed by atoms with Crippen molar-refractivity contribution in [3.63, 3.8) is 0 Å². The van der Waals surface area contributed by atoms with Gasteiger partial charge in [0.05, 0.1) is 19.3 Å². The predicted molar refractivity (Wildman–Crippen MR) is 85.7 cm³/mol. The number of nitrogens with one attached hydrogen (secondary N) is 1. The van der Waals surface area contributed by atoms with Crippen LogP contribution in [-0.4, -0.2) is 25.7 Å². The highest BCUT2D eigenvalue weighted by molar-refractivity contribution is 5.80. The molecule has 0 radical (unpaired) electrons. The molecule has 0 unspecified atom stereocenters. The molecule has 1 N–H and O–H groups in total. The summed E-state index contributed by atoms with van der Waals surface area (Å²) in [6, 6.07) is 9.50. The molecule has 3 rings (SSSR count). The van der Waals surface area contributed by atoms with Gasteiger partial charge in [-0.05, 0) is 37.1 Å². The number of fused-ring (bicyclic) bond motifs is 1. The van der Waals surface area contributed by atoms with Gasteiger partial charge in [-0.15, -0.1) is 0 Å². The summed E-state index contributed by atoms with van der Waals surface area (Å²) in [4.78, 5) is 12.4. The average Bonchev–Trinajstić information content (AvgIpc) is 3.06. The van der Waals surface area contributed by atoms with Gasteiger partial charge < -0.3 is 19.2 Å². The first-order valence-electron chi connectivity index (χ1n) is 7.78. The summed E-state index contributed by atoms with van der Waals surface area (Å²) in [5.74, 6) is 2.28. The highest BCUT2D eigenvalue weighted by Crippen LogP contribution is 2.31. The van der Waals surface area contributed by atoms with E-state index in [9.17, 15) is 4.79 Å². The van der Waals surface area contributed by atoms with Gasteiger partial charge in [0.1, 0.15) is 23.9 Å². The molecular weight excluding hydrogens is 294 g/mol. The van der Waals surface area contributed by atoms with Crippen LogP contribution in [0.1, 0.15) is 18.2 Å². The van der Waals surface area contributed by atoms with Gasteiger partial charge in [-0.25, -0.2) is 0 Å². The van der Waals surface area contributed by atoms with Gasteiger partial charge >= 0.3 is 0 Å². The summed E-state index contributed by atoms with van der Waals surface area (Å²) in [7, 11) is 1.63. The zero-order valence-corrected chi connectivity index (χ0v) is 13.4. The molecule has 0 spiro atoms. The molecule has 2 aromatic rings. The Labute approximate surface area is 135 Å². The number of furan rings is 1. The predicted octanol–water partition coefficient (Wildman–Crippen LogP) is 2.59. The fourth-order valence-corrected chi connectivity index (χ4v) is 2.79. The van der Waals surface area contributed by atoms with Crippen molar-refractivity contribution in [1.82, 2.24) is 5.32 Å². The number of amides is 1. The lowest BCUT2D eigenvalue weighted by molar-refractivity contribution is -0.126. The monoisotopic (exact) mass is 315 g/mol. The molecule has 1 aromatic carbocycles. The Morgan fingerprint density at radius 1 is 1.43 bits per heavy atom. The van der Waals surface area contributed by atoms with E-state index in [-0.39, 0.29) is 17.9 Å². The minimum atomic E-state index is -0.171. The molecule has 5 heteroatoms. The van der Waals surface area contributed by atoms with Crippen LogP contribution in [0.2, 0.25) is 0 Å². The Bertz CT molecular complexity index is 666. The SMILES string of the molecule is COc1ccc2c(c1)OC[C@@H](C(=O)N[C@@H](C)Cc1ccco1)C2. The summed E-state index contributed by atoms with van der Waals surface area (Å²) in [5.41, 5.74) is 1.04. The highest BCUT2D eigenvalue weighted by atomic mass is 16.5. The van der Waals surface area contributed by atoms with Gasteiger partial charge in [0.15, 0.2) is 0 Å². The molecule has 23 heavy (non-hydrogen) atoms. The Balaban J connectivity index is 1.58. The van der Waals surface area contributed by atoms with Crippen molar-refractivity contribution in [2.75, 3.05) is 13.7 Å². The molecule has 1 aliphatic heterocycles. The molecule has 0 bridgehead atoms. The lowest BCUT2D eigenvalue weighted by Gasteiger charge is -2.26. The summed E-state index contributed by atoms with van der Waals surface area (Å²) in [6.45, 7) is 2.36. The van der Waals surface area contributed by atoms with Gasteiger partial charge in [-0.1, -0.05) is 6.07 Å². The number of benzene rings is 1. The molecule has 122 valence electrons. The quantitative estimate of drug-likeness (QED) is 0.921. The van der Waals surface area contributed by atoms with Crippen LogP contribution in [0.25, 0.3) is 0 Å². The van der Waals surface area contributed by atoms with Gasteiger partial charge in [0, 0.05) is 18.5 Å². The van der Waals surface area contributed by atoms with E-state index in [1.54, 1.807) is 13.4 Å². The van der Waals surface area contributed by atoms with Crippen LogP contribution in [-0.2, 0) is 17.6 Å². The average molecular weight is 315 g/mol. The van der Waals surface area contributed by atoms with Crippen molar-refractivity contribution in [1.29, 1.82) is 0 Å². The number of methoxy groups -OCH3 is 1. The number of carbonyl (C=O) groups excluding carboxylic acids is 1. The Kier molecular flexibility index (Phi) is 4.55. The van der Waals surface area contributed by atoms with Gasteiger partial charge in [0.25, 0.3) is 0 Å². The van der Waals surface area contributed by atoms with Crippen molar-refractivity contribution in [3.05, 3.63) is 47.9 Å². The van der Waals surface area contributed by atoms with Crippen molar-refractivity contribution in [2.45, 2.75) is 25.8 Å². The fourth-order valence-electron chi connectivity index (χ4n) is 2.79. The van der Waals surface area contributed by atoms with E-state index in [4.69, 9.17) is 13.9 Å². The van der Waals surface area contributed by atoms with Gasteiger partial charge in [-0.2, -0.15) is 0 Å². The molecule has 2 heterocycles. The van der Waals surface area contributed by atoms with E-state index >= 15 is 0 Å². The third-order valence-corrected chi connectivity index (χ3v) is 4.03. The second-order valence-electron chi connectivity index (χ2n) is 5.88. The summed E-state index contributed by atoms with van der Waals surface area (Å²) < 4.78 is 16.2. The molecule has 0 aliphatic carbocycles. The third kappa shape index (κ3) is 3.67. The molecule has 1 aromatic heterocycles. The van der Waals surface area contributed by atoms with E-state index in [0.29, 0.717) is 19.4 Å². The molecule has 0 fully saturated rings.